The molecule has 0 saturated carbocycles. The summed E-state index contributed by atoms with van der Waals surface area (Å²) >= 11 is 0. The molecule has 1 aliphatic heterocycles. The third kappa shape index (κ3) is 5.50. The lowest BCUT2D eigenvalue weighted by atomic mass is 9.97. The summed E-state index contributed by atoms with van der Waals surface area (Å²) in [6, 6.07) is 0. The van der Waals surface area contributed by atoms with E-state index in [0.717, 1.165) is 32.2 Å². The third-order valence-electron chi connectivity index (χ3n) is 3.23. The van der Waals surface area contributed by atoms with Crippen molar-refractivity contribution < 1.29 is 4.74 Å². The first-order valence-electron chi connectivity index (χ1n) is 6.37. The van der Waals surface area contributed by atoms with Crippen LogP contribution in [0.4, 0.5) is 0 Å². The molecule has 1 rings (SSSR count). The van der Waals surface area contributed by atoms with Crippen molar-refractivity contribution in [1.82, 2.24) is 4.90 Å². The normalized spacial score (nSPS) is 19.6. The molecule has 15 heavy (non-hydrogen) atoms. The highest BCUT2D eigenvalue weighted by molar-refractivity contribution is 4.72. The average Bonchev–Trinajstić information content (AvgIpc) is 2.30. The Morgan fingerprint density at radius 1 is 1.27 bits per heavy atom. The summed E-state index contributed by atoms with van der Waals surface area (Å²) in [5, 5.41) is 0. The van der Waals surface area contributed by atoms with Crippen LogP contribution in [0.1, 0.15) is 32.6 Å². The monoisotopic (exact) mass is 214 g/mol. The summed E-state index contributed by atoms with van der Waals surface area (Å²) in [4.78, 5) is 2.50. The van der Waals surface area contributed by atoms with Gasteiger partial charge in [-0.2, -0.15) is 0 Å². The number of nitrogens with two attached hydrogens (primary N) is 1. The smallest absolute Gasteiger partial charge is 0.0593 e. The Kier molecular flexibility index (Phi) is 6.98. The largest absolute Gasteiger partial charge is 0.380 e. The second kappa shape index (κ2) is 8.08. The third-order valence-corrected chi connectivity index (χ3v) is 3.23. The van der Waals surface area contributed by atoms with E-state index in [4.69, 9.17) is 10.5 Å². The number of nitrogens with zero attached hydrogens (tertiary/aromatic N) is 1. The highest BCUT2D eigenvalue weighted by Gasteiger charge is 2.17. The van der Waals surface area contributed by atoms with E-state index in [1.807, 2.05) is 0 Å². The lowest BCUT2D eigenvalue weighted by Crippen LogP contribution is -2.37. The quantitative estimate of drug-likeness (QED) is 0.652. The van der Waals surface area contributed by atoms with Crippen LogP contribution in [-0.4, -0.2) is 44.3 Å². The molecule has 1 aliphatic rings. The van der Waals surface area contributed by atoms with Crippen molar-refractivity contribution in [3.8, 4) is 0 Å². The Bertz CT molecular complexity index is 145. The van der Waals surface area contributed by atoms with E-state index >= 15 is 0 Å². The van der Waals surface area contributed by atoms with Gasteiger partial charge in [0.05, 0.1) is 6.61 Å². The molecule has 3 heteroatoms. The van der Waals surface area contributed by atoms with Crippen LogP contribution in [0, 0.1) is 5.92 Å². The van der Waals surface area contributed by atoms with Gasteiger partial charge < -0.3 is 15.4 Å². The Morgan fingerprint density at radius 2 is 2.00 bits per heavy atom. The SMILES string of the molecule is CCCCOCCN1CCC(CN)CC1. The van der Waals surface area contributed by atoms with Crippen molar-refractivity contribution in [2.45, 2.75) is 32.6 Å². The highest BCUT2D eigenvalue weighted by atomic mass is 16.5. The Labute approximate surface area is 94.0 Å². The van der Waals surface area contributed by atoms with Gasteiger partial charge in [0, 0.05) is 13.2 Å². The molecule has 1 heterocycles. The lowest BCUT2D eigenvalue weighted by molar-refractivity contribution is 0.0875. The maximum Gasteiger partial charge on any atom is 0.0593 e. The highest BCUT2D eigenvalue weighted by Crippen LogP contribution is 2.15. The minimum atomic E-state index is 0.766. The van der Waals surface area contributed by atoms with Crippen molar-refractivity contribution in [3.05, 3.63) is 0 Å². The summed E-state index contributed by atoms with van der Waals surface area (Å²) < 4.78 is 5.56. The predicted octanol–water partition coefficient (Wildman–Crippen LogP) is 1.47. The van der Waals surface area contributed by atoms with Gasteiger partial charge in [-0.15, -0.1) is 0 Å². The molecule has 0 aliphatic carbocycles. The zero-order valence-electron chi connectivity index (χ0n) is 10.1. The molecule has 0 aromatic carbocycles. The molecule has 1 fully saturated rings. The van der Waals surface area contributed by atoms with Crippen LogP contribution in [-0.2, 0) is 4.74 Å². The van der Waals surface area contributed by atoms with Gasteiger partial charge in [-0.3, -0.25) is 0 Å². The van der Waals surface area contributed by atoms with Gasteiger partial charge in [0.25, 0.3) is 0 Å². The maximum atomic E-state index is 5.66. The summed E-state index contributed by atoms with van der Waals surface area (Å²) in [5.74, 6) is 0.766. The van der Waals surface area contributed by atoms with Crippen molar-refractivity contribution in [1.29, 1.82) is 0 Å². The Balaban J connectivity index is 1.94. The first-order valence-corrected chi connectivity index (χ1v) is 6.37. The minimum Gasteiger partial charge on any atom is -0.380 e. The van der Waals surface area contributed by atoms with Crippen LogP contribution in [0.25, 0.3) is 0 Å². The van der Waals surface area contributed by atoms with Gasteiger partial charge >= 0.3 is 0 Å². The van der Waals surface area contributed by atoms with Crippen molar-refractivity contribution in [3.63, 3.8) is 0 Å². The van der Waals surface area contributed by atoms with Crippen LogP contribution in [0.15, 0.2) is 0 Å². The molecule has 0 amide bonds. The van der Waals surface area contributed by atoms with Crippen LogP contribution >= 0.6 is 0 Å². The number of hydrogen-bond acceptors (Lipinski definition) is 3. The van der Waals surface area contributed by atoms with Crippen molar-refractivity contribution in [2.24, 2.45) is 11.7 Å². The van der Waals surface area contributed by atoms with E-state index in [9.17, 15) is 0 Å². The molecule has 0 aromatic rings. The van der Waals surface area contributed by atoms with E-state index in [-0.39, 0.29) is 0 Å². The van der Waals surface area contributed by atoms with E-state index in [1.54, 1.807) is 0 Å². The fourth-order valence-electron chi connectivity index (χ4n) is 1.99. The average molecular weight is 214 g/mol. The lowest BCUT2D eigenvalue weighted by Gasteiger charge is -2.31. The number of rotatable bonds is 7. The first kappa shape index (κ1) is 12.9. The zero-order valence-corrected chi connectivity index (χ0v) is 10.1. The van der Waals surface area contributed by atoms with Crippen LogP contribution in [0.5, 0.6) is 0 Å². The van der Waals surface area contributed by atoms with E-state index in [1.165, 1.54) is 38.8 Å². The van der Waals surface area contributed by atoms with Gasteiger partial charge in [0.15, 0.2) is 0 Å². The van der Waals surface area contributed by atoms with Crippen molar-refractivity contribution >= 4 is 0 Å². The van der Waals surface area contributed by atoms with Gasteiger partial charge in [-0.1, -0.05) is 13.3 Å². The summed E-state index contributed by atoms with van der Waals surface area (Å²) in [7, 11) is 0. The number of likely N-dealkylation sites (tertiary alicyclic amines) is 1. The molecule has 0 aromatic heterocycles. The molecular formula is C12H26N2O. The zero-order chi connectivity index (χ0) is 10.9. The standard InChI is InChI=1S/C12H26N2O/c1-2-3-9-15-10-8-14-6-4-12(11-13)5-7-14/h12H,2-11,13H2,1H3. The number of unbranched alkanes of at least 4 members (excludes halogenated alkanes) is 1. The summed E-state index contributed by atoms with van der Waals surface area (Å²) in [6.07, 6.45) is 4.95. The molecule has 3 nitrogen and oxygen atoms in total. The van der Waals surface area contributed by atoms with Crippen LogP contribution in [0.3, 0.4) is 0 Å². The fraction of sp³-hybridized carbons (Fsp3) is 1.00. The van der Waals surface area contributed by atoms with Gasteiger partial charge in [0.2, 0.25) is 0 Å². The molecular weight excluding hydrogens is 188 g/mol. The minimum absolute atomic E-state index is 0.766. The van der Waals surface area contributed by atoms with E-state index in [2.05, 4.69) is 11.8 Å². The predicted molar refractivity (Wildman–Crippen MR) is 63.9 cm³/mol. The maximum absolute atomic E-state index is 5.66. The number of ether oxygens (including phenoxy) is 1. The molecule has 0 spiro atoms. The van der Waals surface area contributed by atoms with E-state index in [0.29, 0.717) is 0 Å². The fourth-order valence-corrected chi connectivity index (χ4v) is 1.99. The molecule has 1 saturated heterocycles. The summed E-state index contributed by atoms with van der Waals surface area (Å²) in [6.45, 7) is 8.39. The molecule has 90 valence electrons. The Morgan fingerprint density at radius 3 is 2.60 bits per heavy atom. The van der Waals surface area contributed by atoms with E-state index < -0.39 is 0 Å². The van der Waals surface area contributed by atoms with Crippen LogP contribution < -0.4 is 5.73 Å². The molecule has 2 N–H and O–H groups in total. The van der Waals surface area contributed by atoms with Gasteiger partial charge in [-0.05, 0) is 44.8 Å². The van der Waals surface area contributed by atoms with Gasteiger partial charge in [0.1, 0.15) is 0 Å². The van der Waals surface area contributed by atoms with Crippen LogP contribution in [0.2, 0.25) is 0 Å². The second-order valence-electron chi connectivity index (χ2n) is 4.49. The Hall–Kier alpha value is -0.120. The summed E-state index contributed by atoms with van der Waals surface area (Å²) in [5.41, 5.74) is 5.66. The second-order valence-corrected chi connectivity index (χ2v) is 4.49. The topological polar surface area (TPSA) is 38.5 Å². The first-order chi connectivity index (χ1) is 7.36. The van der Waals surface area contributed by atoms with Gasteiger partial charge in [-0.25, -0.2) is 0 Å². The molecule has 0 bridgehead atoms. The molecule has 0 radical (unpaired) electrons. The molecule has 0 atom stereocenters. The molecule has 0 unspecified atom stereocenters. The number of hydrogen-bond donors (Lipinski definition) is 1. The number of piperidine rings is 1. The van der Waals surface area contributed by atoms with Crippen molar-refractivity contribution in [2.75, 3.05) is 39.4 Å².